The number of carbonyl (C=O) groups excluding carboxylic acids is 1. The molecule has 0 aliphatic carbocycles. The second-order valence-corrected chi connectivity index (χ2v) is 7.64. The van der Waals surface area contributed by atoms with Crippen LogP contribution >= 0.6 is 23.2 Å². The largest absolute Gasteiger partial charge is 0.365 e. The van der Waals surface area contributed by atoms with Crippen LogP contribution in [-0.2, 0) is 6.54 Å². The Morgan fingerprint density at radius 1 is 0.968 bits per heavy atom. The number of anilines is 3. The Balaban J connectivity index is 1.45. The molecule has 31 heavy (non-hydrogen) atoms. The summed E-state index contributed by atoms with van der Waals surface area (Å²) in [6, 6.07) is 20.2. The third kappa shape index (κ3) is 4.87. The summed E-state index contributed by atoms with van der Waals surface area (Å²) in [7, 11) is 1.79. The second kappa shape index (κ2) is 9.20. The molecule has 0 bridgehead atoms. The van der Waals surface area contributed by atoms with E-state index in [9.17, 15) is 4.79 Å². The van der Waals surface area contributed by atoms with Gasteiger partial charge in [-0.1, -0.05) is 47.5 Å². The number of nitrogens with zero attached hydrogens (tertiary/aromatic N) is 2. The number of aromatic nitrogens is 2. The highest BCUT2D eigenvalue weighted by Crippen LogP contribution is 2.24. The first kappa shape index (κ1) is 20.9. The van der Waals surface area contributed by atoms with Crippen LogP contribution in [0.1, 0.15) is 15.9 Å². The highest BCUT2D eigenvalue weighted by Gasteiger charge is 2.11. The molecule has 0 radical (unpaired) electrons. The molecule has 0 spiro atoms. The summed E-state index contributed by atoms with van der Waals surface area (Å²) in [6.45, 7) is 0.571. The first-order chi connectivity index (χ1) is 15.0. The zero-order valence-corrected chi connectivity index (χ0v) is 18.1. The van der Waals surface area contributed by atoms with E-state index < -0.39 is 0 Å². The molecule has 156 valence electrons. The van der Waals surface area contributed by atoms with Crippen molar-refractivity contribution in [1.82, 2.24) is 9.97 Å². The van der Waals surface area contributed by atoms with Gasteiger partial charge < -0.3 is 16.0 Å². The molecule has 0 unspecified atom stereocenters. The average molecular weight is 452 g/mol. The van der Waals surface area contributed by atoms with Crippen LogP contribution in [0.4, 0.5) is 17.5 Å². The number of carbonyl (C=O) groups is 1. The highest BCUT2D eigenvalue weighted by atomic mass is 35.5. The number of rotatable bonds is 6. The van der Waals surface area contributed by atoms with Crippen molar-refractivity contribution in [2.75, 3.05) is 23.0 Å². The van der Waals surface area contributed by atoms with Gasteiger partial charge in [0.05, 0.1) is 16.1 Å². The number of fused-ring (bicyclic) bond motifs is 1. The predicted molar refractivity (Wildman–Crippen MR) is 127 cm³/mol. The molecule has 0 fully saturated rings. The fourth-order valence-electron chi connectivity index (χ4n) is 3.09. The Hall–Kier alpha value is -3.35. The van der Waals surface area contributed by atoms with Gasteiger partial charge >= 0.3 is 0 Å². The lowest BCUT2D eigenvalue weighted by Gasteiger charge is -2.11. The van der Waals surface area contributed by atoms with Crippen LogP contribution in [0.3, 0.4) is 0 Å². The molecule has 3 aromatic carbocycles. The molecule has 0 saturated heterocycles. The van der Waals surface area contributed by atoms with Crippen molar-refractivity contribution in [3.05, 3.63) is 87.9 Å². The molecule has 0 atom stereocenters. The monoisotopic (exact) mass is 451 g/mol. The molecule has 4 rings (SSSR count). The smallest absolute Gasteiger partial charge is 0.257 e. The van der Waals surface area contributed by atoms with E-state index in [0.717, 1.165) is 22.3 Å². The maximum Gasteiger partial charge on any atom is 0.257 e. The summed E-state index contributed by atoms with van der Waals surface area (Å²) in [6.07, 6.45) is 0. The predicted octanol–water partition coefficient (Wildman–Crippen LogP) is 5.84. The minimum atomic E-state index is -0.292. The SMILES string of the molecule is CNc1nc(NCc2ccc(NC(=O)c3ccc(Cl)cc3Cl)cc2)c2ccccc2n1. The molecular formula is C23H19Cl2N5O. The number of benzene rings is 3. The first-order valence-electron chi connectivity index (χ1n) is 9.57. The van der Waals surface area contributed by atoms with Crippen LogP contribution in [0, 0.1) is 0 Å². The number of hydrogen-bond donors (Lipinski definition) is 3. The minimum absolute atomic E-state index is 0.292. The van der Waals surface area contributed by atoms with Gasteiger partial charge in [0, 0.05) is 29.7 Å². The molecule has 8 heteroatoms. The Labute approximate surface area is 189 Å². The lowest BCUT2D eigenvalue weighted by Crippen LogP contribution is -2.12. The van der Waals surface area contributed by atoms with Crippen LogP contribution in [0.5, 0.6) is 0 Å². The van der Waals surface area contributed by atoms with Gasteiger partial charge in [-0.15, -0.1) is 0 Å². The Morgan fingerprint density at radius 3 is 2.48 bits per heavy atom. The van der Waals surface area contributed by atoms with Crippen molar-refractivity contribution in [3.8, 4) is 0 Å². The standard InChI is InChI=1S/C23H19Cl2N5O/c1-26-23-29-20-5-3-2-4-18(20)21(30-23)27-13-14-6-9-16(10-7-14)28-22(31)17-11-8-15(24)12-19(17)25/h2-12H,13H2,1H3,(H,28,31)(H2,26,27,29,30). The van der Waals surface area contributed by atoms with Crippen LogP contribution in [0.15, 0.2) is 66.7 Å². The van der Waals surface area contributed by atoms with Crippen LogP contribution in [-0.4, -0.2) is 22.9 Å². The zero-order valence-electron chi connectivity index (χ0n) is 16.6. The summed E-state index contributed by atoms with van der Waals surface area (Å²) in [4.78, 5) is 21.4. The van der Waals surface area contributed by atoms with Gasteiger partial charge in [0.2, 0.25) is 5.95 Å². The lowest BCUT2D eigenvalue weighted by molar-refractivity contribution is 0.102. The maximum absolute atomic E-state index is 12.5. The Morgan fingerprint density at radius 2 is 1.74 bits per heavy atom. The Kier molecular flexibility index (Phi) is 6.21. The highest BCUT2D eigenvalue weighted by molar-refractivity contribution is 6.37. The third-order valence-corrected chi connectivity index (χ3v) is 5.22. The van der Waals surface area contributed by atoms with E-state index in [1.54, 1.807) is 25.2 Å². The van der Waals surface area contributed by atoms with Crippen LogP contribution in [0.25, 0.3) is 10.9 Å². The topological polar surface area (TPSA) is 78.9 Å². The van der Waals surface area contributed by atoms with Crippen molar-refractivity contribution in [2.45, 2.75) is 6.54 Å². The van der Waals surface area contributed by atoms with Crippen molar-refractivity contribution >= 4 is 57.5 Å². The van der Waals surface area contributed by atoms with E-state index in [1.165, 1.54) is 0 Å². The normalized spacial score (nSPS) is 10.7. The molecule has 0 saturated carbocycles. The molecule has 1 heterocycles. The molecule has 1 amide bonds. The molecule has 0 aliphatic heterocycles. The fraction of sp³-hybridized carbons (Fsp3) is 0.0870. The van der Waals surface area contributed by atoms with Gasteiger partial charge in [0.15, 0.2) is 0 Å². The van der Waals surface area contributed by atoms with E-state index in [2.05, 4.69) is 25.9 Å². The quantitative estimate of drug-likeness (QED) is 0.343. The fourth-order valence-corrected chi connectivity index (χ4v) is 3.58. The van der Waals surface area contributed by atoms with E-state index >= 15 is 0 Å². The third-order valence-electron chi connectivity index (χ3n) is 4.67. The van der Waals surface area contributed by atoms with Gasteiger partial charge in [-0.25, -0.2) is 4.98 Å². The molecular weight excluding hydrogens is 433 g/mol. The van der Waals surface area contributed by atoms with Crippen LogP contribution in [0.2, 0.25) is 10.0 Å². The van der Waals surface area contributed by atoms with Gasteiger partial charge in [0.25, 0.3) is 5.91 Å². The first-order valence-corrected chi connectivity index (χ1v) is 10.3. The molecule has 0 aliphatic rings. The minimum Gasteiger partial charge on any atom is -0.365 e. The lowest BCUT2D eigenvalue weighted by atomic mass is 10.1. The van der Waals surface area contributed by atoms with Crippen LogP contribution < -0.4 is 16.0 Å². The van der Waals surface area contributed by atoms with Crippen molar-refractivity contribution in [1.29, 1.82) is 0 Å². The molecule has 6 nitrogen and oxygen atoms in total. The molecule has 3 N–H and O–H groups in total. The number of nitrogens with one attached hydrogen (secondary N) is 3. The van der Waals surface area contributed by atoms with Crippen molar-refractivity contribution < 1.29 is 4.79 Å². The van der Waals surface area contributed by atoms with E-state index in [1.807, 2.05) is 48.5 Å². The Bertz CT molecular complexity index is 1240. The summed E-state index contributed by atoms with van der Waals surface area (Å²) in [5.41, 5.74) is 2.94. The van der Waals surface area contributed by atoms with Crippen molar-refractivity contribution in [2.24, 2.45) is 0 Å². The van der Waals surface area contributed by atoms with E-state index in [0.29, 0.717) is 33.8 Å². The summed E-state index contributed by atoms with van der Waals surface area (Å²) in [5, 5.41) is 10.9. The van der Waals surface area contributed by atoms with E-state index in [4.69, 9.17) is 23.2 Å². The number of para-hydroxylation sites is 1. The van der Waals surface area contributed by atoms with Gasteiger partial charge in [-0.05, 0) is 48.0 Å². The van der Waals surface area contributed by atoms with Gasteiger partial charge in [-0.3, -0.25) is 4.79 Å². The van der Waals surface area contributed by atoms with Gasteiger partial charge in [-0.2, -0.15) is 4.98 Å². The summed E-state index contributed by atoms with van der Waals surface area (Å²) < 4.78 is 0. The molecule has 4 aromatic rings. The zero-order chi connectivity index (χ0) is 21.8. The van der Waals surface area contributed by atoms with Gasteiger partial charge in [0.1, 0.15) is 5.82 Å². The number of amides is 1. The summed E-state index contributed by atoms with van der Waals surface area (Å²) in [5.74, 6) is 1.02. The molecule has 1 aromatic heterocycles. The second-order valence-electron chi connectivity index (χ2n) is 6.79. The number of halogens is 2. The maximum atomic E-state index is 12.5. The summed E-state index contributed by atoms with van der Waals surface area (Å²) >= 11 is 12.0. The number of hydrogen-bond acceptors (Lipinski definition) is 5. The van der Waals surface area contributed by atoms with Crippen molar-refractivity contribution in [3.63, 3.8) is 0 Å². The average Bonchev–Trinajstić information content (AvgIpc) is 2.78. The van der Waals surface area contributed by atoms with E-state index in [-0.39, 0.29) is 5.91 Å².